The van der Waals surface area contributed by atoms with Crippen LogP contribution in [0.1, 0.15) is 37.8 Å². The number of methoxy groups -OCH3 is 1. The van der Waals surface area contributed by atoms with Gasteiger partial charge in [0, 0.05) is 20.0 Å². The lowest BCUT2D eigenvalue weighted by atomic mass is 10.0. The highest BCUT2D eigenvalue weighted by atomic mass is 32.2. The first-order chi connectivity index (χ1) is 13.4. The summed E-state index contributed by atoms with van der Waals surface area (Å²) >= 11 is 0. The summed E-state index contributed by atoms with van der Waals surface area (Å²) in [6, 6.07) is 15.8. The topological polar surface area (TPSA) is 75.7 Å². The summed E-state index contributed by atoms with van der Waals surface area (Å²) in [5.74, 6) is 0.681. The third kappa shape index (κ3) is 5.81. The Morgan fingerprint density at radius 1 is 1.11 bits per heavy atom. The number of sulfonamides is 1. The maximum Gasteiger partial charge on any atom is 0.242 e. The lowest BCUT2D eigenvalue weighted by Gasteiger charge is -2.19. The van der Waals surface area contributed by atoms with Gasteiger partial charge in [-0.25, -0.2) is 12.7 Å². The Labute approximate surface area is 167 Å². The first-order valence-corrected chi connectivity index (χ1v) is 10.8. The van der Waals surface area contributed by atoms with Gasteiger partial charge in [-0.1, -0.05) is 37.3 Å². The molecule has 0 bridgehead atoms. The number of benzene rings is 2. The second kappa shape index (κ2) is 10.2. The Hall–Kier alpha value is -2.38. The zero-order chi connectivity index (χ0) is 20.6. The van der Waals surface area contributed by atoms with E-state index in [9.17, 15) is 13.2 Å². The van der Waals surface area contributed by atoms with Crippen molar-refractivity contribution in [2.24, 2.45) is 0 Å². The summed E-state index contributed by atoms with van der Waals surface area (Å²) < 4.78 is 31.4. The van der Waals surface area contributed by atoms with E-state index >= 15 is 0 Å². The van der Waals surface area contributed by atoms with Crippen molar-refractivity contribution in [1.29, 1.82) is 0 Å². The quantitative estimate of drug-likeness (QED) is 0.659. The molecule has 1 N–H and O–H groups in total. The highest BCUT2D eigenvalue weighted by Gasteiger charge is 2.20. The number of nitrogens with one attached hydrogen (secondary N) is 1. The molecule has 0 saturated heterocycles. The number of carbonyl (C=O) groups excluding carboxylic acids is 1. The van der Waals surface area contributed by atoms with E-state index in [1.54, 1.807) is 37.4 Å². The molecule has 28 heavy (non-hydrogen) atoms. The van der Waals surface area contributed by atoms with Crippen LogP contribution in [0.3, 0.4) is 0 Å². The maximum atomic E-state index is 12.5. The first kappa shape index (κ1) is 21.9. The second-order valence-electron chi connectivity index (χ2n) is 6.54. The van der Waals surface area contributed by atoms with Crippen LogP contribution in [0.25, 0.3) is 0 Å². The fourth-order valence-corrected chi connectivity index (χ4v) is 4.11. The average molecular weight is 405 g/mol. The van der Waals surface area contributed by atoms with Gasteiger partial charge in [0.2, 0.25) is 15.9 Å². The molecule has 152 valence electrons. The van der Waals surface area contributed by atoms with Gasteiger partial charge in [-0.05, 0) is 42.7 Å². The van der Waals surface area contributed by atoms with Gasteiger partial charge in [0.25, 0.3) is 0 Å². The number of hydrogen-bond donors (Lipinski definition) is 1. The number of carbonyl (C=O) groups is 1. The first-order valence-electron chi connectivity index (χ1n) is 9.33. The summed E-state index contributed by atoms with van der Waals surface area (Å²) in [5, 5.41) is 3.02. The van der Waals surface area contributed by atoms with Crippen LogP contribution in [0, 0.1) is 0 Å². The van der Waals surface area contributed by atoms with Crippen molar-refractivity contribution < 1.29 is 17.9 Å². The number of nitrogens with zero attached hydrogens (tertiary/aromatic N) is 1. The molecule has 7 heteroatoms. The van der Waals surface area contributed by atoms with Crippen LogP contribution in [0.4, 0.5) is 0 Å². The number of ether oxygens (including phenoxy) is 1. The van der Waals surface area contributed by atoms with Crippen LogP contribution in [-0.4, -0.2) is 39.3 Å². The summed E-state index contributed by atoms with van der Waals surface area (Å²) in [5.41, 5.74) is 1.01. The van der Waals surface area contributed by atoms with Gasteiger partial charge >= 0.3 is 0 Å². The monoisotopic (exact) mass is 404 g/mol. The molecule has 6 nitrogen and oxygen atoms in total. The van der Waals surface area contributed by atoms with Crippen LogP contribution in [0.2, 0.25) is 0 Å². The molecule has 0 saturated carbocycles. The van der Waals surface area contributed by atoms with Crippen LogP contribution < -0.4 is 10.1 Å². The zero-order valence-electron chi connectivity index (χ0n) is 16.6. The smallest absolute Gasteiger partial charge is 0.242 e. The van der Waals surface area contributed by atoms with Crippen molar-refractivity contribution in [3.8, 4) is 5.75 Å². The molecule has 0 radical (unpaired) electrons. The minimum atomic E-state index is -3.52. The average Bonchev–Trinajstić information content (AvgIpc) is 2.72. The Bertz CT molecular complexity index is 852. The predicted molar refractivity (Wildman–Crippen MR) is 110 cm³/mol. The van der Waals surface area contributed by atoms with Crippen LogP contribution >= 0.6 is 0 Å². The van der Waals surface area contributed by atoms with E-state index in [4.69, 9.17) is 4.74 Å². The molecule has 0 unspecified atom stereocenters. The van der Waals surface area contributed by atoms with Crippen molar-refractivity contribution in [3.05, 3.63) is 60.2 Å². The number of hydrogen-bond acceptors (Lipinski definition) is 4. The van der Waals surface area contributed by atoms with Crippen molar-refractivity contribution in [1.82, 2.24) is 9.62 Å². The minimum absolute atomic E-state index is 0.0795. The molecule has 2 rings (SSSR count). The van der Waals surface area contributed by atoms with E-state index in [0.717, 1.165) is 17.7 Å². The number of amides is 1. The largest absolute Gasteiger partial charge is 0.497 e. The maximum absolute atomic E-state index is 12.5. The van der Waals surface area contributed by atoms with Crippen LogP contribution in [0.15, 0.2) is 59.5 Å². The Morgan fingerprint density at radius 2 is 1.75 bits per heavy atom. The lowest BCUT2D eigenvalue weighted by molar-refractivity contribution is -0.122. The summed E-state index contributed by atoms with van der Waals surface area (Å²) in [7, 11) is -0.376. The molecule has 0 heterocycles. The number of rotatable bonds is 10. The van der Waals surface area contributed by atoms with Crippen molar-refractivity contribution in [2.45, 2.75) is 37.1 Å². The SMILES string of the molecule is CC[C@H](NC(=O)CCCN(C)S(=O)(=O)c1ccccc1)c1ccc(OC)cc1. The molecule has 2 aromatic carbocycles. The second-order valence-corrected chi connectivity index (χ2v) is 8.59. The van der Waals surface area contributed by atoms with Gasteiger partial charge in [0.1, 0.15) is 5.75 Å². The Morgan fingerprint density at radius 3 is 2.32 bits per heavy atom. The van der Waals surface area contributed by atoms with Gasteiger partial charge in [0.15, 0.2) is 0 Å². The van der Waals surface area contributed by atoms with E-state index in [1.807, 2.05) is 31.2 Å². The summed E-state index contributed by atoms with van der Waals surface area (Å²) in [6.07, 6.45) is 1.48. The van der Waals surface area contributed by atoms with Gasteiger partial charge in [-0.15, -0.1) is 0 Å². The molecule has 0 aromatic heterocycles. The van der Waals surface area contributed by atoms with Gasteiger partial charge < -0.3 is 10.1 Å². The Balaban J connectivity index is 1.85. The lowest BCUT2D eigenvalue weighted by Crippen LogP contribution is -2.31. The molecular weight excluding hydrogens is 376 g/mol. The molecule has 1 amide bonds. The van der Waals surface area contributed by atoms with Crippen molar-refractivity contribution in [3.63, 3.8) is 0 Å². The normalized spacial score (nSPS) is 12.6. The van der Waals surface area contributed by atoms with Gasteiger partial charge in [0.05, 0.1) is 18.0 Å². The molecule has 0 aliphatic carbocycles. The third-order valence-electron chi connectivity index (χ3n) is 4.59. The van der Waals surface area contributed by atoms with Crippen molar-refractivity contribution in [2.75, 3.05) is 20.7 Å². The highest BCUT2D eigenvalue weighted by Crippen LogP contribution is 2.20. The highest BCUT2D eigenvalue weighted by molar-refractivity contribution is 7.89. The fourth-order valence-electron chi connectivity index (χ4n) is 2.88. The summed E-state index contributed by atoms with van der Waals surface area (Å²) in [6.45, 7) is 2.29. The van der Waals surface area contributed by atoms with Crippen LogP contribution in [0.5, 0.6) is 5.75 Å². The molecule has 0 aliphatic heterocycles. The third-order valence-corrected chi connectivity index (χ3v) is 6.46. The van der Waals surface area contributed by atoms with E-state index in [0.29, 0.717) is 6.42 Å². The van der Waals surface area contributed by atoms with Gasteiger partial charge in [-0.2, -0.15) is 0 Å². The fraction of sp³-hybridized carbons (Fsp3) is 0.381. The Kier molecular flexibility index (Phi) is 8.02. The summed E-state index contributed by atoms with van der Waals surface area (Å²) in [4.78, 5) is 12.6. The van der Waals surface area contributed by atoms with E-state index in [-0.39, 0.29) is 29.8 Å². The van der Waals surface area contributed by atoms with Crippen LogP contribution in [-0.2, 0) is 14.8 Å². The van der Waals surface area contributed by atoms with E-state index in [1.165, 1.54) is 11.4 Å². The van der Waals surface area contributed by atoms with E-state index < -0.39 is 10.0 Å². The molecular formula is C21H28N2O4S. The molecule has 1 atom stereocenters. The zero-order valence-corrected chi connectivity index (χ0v) is 17.4. The molecule has 2 aromatic rings. The molecule has 0 spiro atoms. The van der Waals surface area contributed by atoms with Gasteiger partial charge in [-0.3, -0.25) is 4.79 Å². The van der Waals surface area contributed by atoms with Crippen molar-refractivity contribution >= 4 is 15.9 Å². The standard InChI is InChI=1S/C21H28N2O4S/c1-4-20(17-12-14-18(27-3)15-13-17)22-21(24)11-8-16-23(2)28(25,26)19-9-6-5-7-10-19/h5-7,9-10,12-15,20H,4,8,11,16H2,1-3H3,(H,22,24)/t20-/m0/s1. The molecule has 0 fully saturated rings. The minimum Gasteiger partial charge on any atom is -0.497 e. The predicted octanol–water partition coefficient (Wildman–Crippen LogP) is 3.36. The van der Waals surface area contributed by atoms with E-state index in [2.05, 4.69) is 5.32 Å². The molecule has 0 aliphatic rings.